The summed E-state index contributed by atoms with van der Waals surface area (Å²) < 4.78 is 57.7. The number of nitrogens with zero attached hydrogens (tertiary/aromatic N) is 3. The molecular formula is C16H10F4N4O3. The quantitative estimate of drug-likeness (QED) is 0.697. The maximum atomic E-state index is 13.2. The third-order valence-electron chi connectivity index (χ3n) is 3.59. The second-order valence-corrected chi connectivity index (χ2v) is 5.40. The molecule has 0 radical (unpaired) electrons. The molecule has 2 aromatic heterocycles. The number of pyridine rings is 1. The number of benzene rings is 1. The van der Waals surface area contributed by atoms with Crippen LogP contribution in [0, 0.1) is 5.82 Å². The summed E-state index contributed by atoms with van der Waals surface area (Å²) in [5.74, 6) is -1.98. The number of amides is 1. The van der Waals surface area contributed by atoms with Crippen molar-refractivity contribution in [3.63, 3.8) is 0 Å². The van der Waals surface area contributed by atoms with E-state index in [1.165, 1.54) is 12.1 Å². The first-order valence-electron chi connectivity index (χ1n) is 7.36. The number of hydrogen-bond donors (Lipinski definition) is 1. The van der Waals surface area contributed by atoms with Crippen molar-refractivity contribution in [3.05, 3.63) is 69.7 Å². The molecule has 11 heteroatoms. The molecule has 7 nitrogen and oxygen atoms in total. The lowest BCUT2D eigenvalue weighted by Crippen LogP contribution is -2.34. The van der Waals surface area contributed by atoms with E-state index in [1.807, 2.05) is 0 Å². The van der Waals surface area contributed by atoms with Crippen molar-refractivity contribution in [2.45, 2.75) is 12.7 Å². The molecule has 0 aliphatic heterocycles. The zero-order valence-corrected chi connectivity index (χ0v) is 13.3. The summed E-state index contributed by atoms with van der Waals surface area (Å²) in [6, 6.07) is 6.28. The third kappa shape index (κ3) is 3.71. The zero-order valence-electron chi connectivity index (χ0n) is 13.3. The minimum absolute atomic E-state index is 0.00216. The minimum Gasteiger partial charge on any atom is -0.365 e. The van der Waals surface area contributed by atoms with E-state index in [0.717, 1.165) is 12.1 Å². The highest BCUT2D eigenvalue weighted by Gasteiger charge is 2.35. The largest absolute Gasteiger partial charge is 0.431 e. The molecule has 2 N–H and O–H groups in total. The van der Waals surface area contributed by atoms with E-state index in [2.05, 4.69) is 10.1 Å². The second kappa shape index (κ2) is 6.67. The van der Waals surface area contributed by atoms with Crippen LogP contribution < -0.4 is 11.3 Å². The standard InChI is InChI=1S/C16H10F4N4O3/c17-9-3-1-8(2-4-9)14-22-12(27-23-14)7-24-11(16(18,19)20)6-5-10(13(21)25)15(24)26/h1-6H,7H2,(H2,21,25). The number of nitrogens with two attached hydrogens (primary N) is 1. The van der Waals surface area contributed by atoms with Crippen LogP contribution in [0.2, 0.25) is 0 Å². The van der Waals surface area contributed by atoms with Gasteiger partial charge in [0.25, 0.3) is 11.5 Å². The number of carbonyl (C=O) groups is 1. The Morgan fingerprint density at radius 3 is 2.41 bits per heavy atom. The van der Waals surface area contributed by atoms with Gasteiger partial charge < -0.3 is 10.3 Å². The van der Waals surface area contributed by atoms with Crippen molar-refractivity contribution in [1.29, 1.82) is 0 Å². The number of rotatable bonds is 4. The molecule has 0 spiro atoms. The molecule has 1 amide bonds. The van der Waals surface area contributed by atoms with Crippen molar-refractivity contribution < 1.29 is 26.9 Å². The van der Waals surface area contributed by atoms with Gasteiger partial charge in [-0.05, 0) is 36.4 Å². The molecule has 0 saturated carbocycles. The van der Waals surface area contributed by atoms with Gasteiger partial charge in [0.2, 0.25) is 11.7 Å². The van der Waals surface area contributed by atoms with Gasteiger partial charge in [-0.1, -0.05) is 5.16 Å². The molecule has 0 bridgehead atoms. The van der Waals surface area contributed by atoms with Crippen LogP contribution in [0.1, 0.15) is 21.9 Å². The van der Waals surface area contributed by atoms with Gasteiger partial charge in [-0.2, -0.15) is 18.2 Å². The fourth-order valence-electron chi connectivity index (χ4n) is 2.34. The summed E-state index contributed by atoms with van der Waals surface area (Å²) in [6.07, 6.45) is -4.87. The van der Waals surface area contributed by atoms with Crippen molar-refractivity contribution in [1.82, 2.24) is 14.7 Å². The van der Waals surface area contributed by atoms with Crippen molar-refractivity contribution >= 4 is 5.91 Å². The van der Waals surface area contributed by atoms with E-state index < -0.39 is 41.3 Å². The van der Waals surface area contributed by atoms with Gasteiger partial charge in [0, 0.05) is 5.56 Å². The fraction of sp³-hybridized carbons (Fsp3) is 0.125. The van der Waals surface area contributed by atoms with Gasteiger partial charge in [-0.15, -0.1) is 0 Å². The highest BCUT2D eigenvalue weighted by atomic mass is 19.4. The van der Waals surface area contributed by atoms with E-state index in [-0.39, 0.29) is 16.3 Å². The summed E-state index contributed by atoms with van der Waals surface area (Å²) in [7, 11) is 0. The average Bonchev–Trinajstić information content (AvgIpc) is 3.04. The topological polar surface area (TPSA) is 104 Å². The molecule has 0 unspecified atom stereocenters. The zero-order chi connectivity index (χ0) is 19.8. The number of alkyl halides is 3. The molecule has 3 rings (SSSR count). The van der Waals surface area contributed by atoms with Crippen LogP contribution in [-0.2, 0) is 12.7 Å². The van der Waals surface area contributed by atoms with Gasteiger partial charge in [-0.25, -0.2) is 4.39 Å². The first kappa shape index (κ1) is 18.3. The lowest BCUT2D eigenvalue weighted by molar-refractivity contribution is -0.144. The minimum atomic E-state index is -4.87. The molecule has 0 fully saturated rings. The second-order valence-electron chi connectivity index (χ2n) is 5.40. The summed E-state index contributed by atoms with van der Waals surface area (Å²) in [5.41, 5.74) is 2.22. The number of hydrogen-bond acceptors (Lipinski definition) is 5. The maximum absolute atomic E-state index is 13.2. The van der Waals surface area contributed by atoms with Crippen molar-refractivity contribution in [2.24, 2.45) is 5.73 Å². The summed E-state index contributed by atoms with van der Waals surface area (Å²) >= 11 is 0. The molecule has 1 aromatic carbocycles. The lowest BCUT2D eigenvalue weighted by atomic mass is 10.2. The first-order chi connectivity index (χ1) is 12.7. The SMILES string of the molecule is NC(=O)c1ccc(C(F)(F)F)n(Cc2nc(-c3ccc(F)cc3)no2)c1=O. The predicted octanol–water partition coefficient (Wildman–Crippen LogP) is 2.20. The van der Waals surface area contributed by atoms with Crippen LogP contribution in [0.15, 0.2) is 45.7 Å². The maximum Gasteiger partial charge on any atom is 0.431 e. The smallest absolute Gasteiger partial charge is 0.365 e. The van der Waals surface area contributed by atoms with Gasteiger partial charge in [0.1, 0.15) is 23.6 Å². The third-order valence-corrected chi connectivity index (χ3v) is 3.59. The Hall–Kier alpha value is -3.50. The van der Waals surface area contributed by atoms with Gasteiger partial charge >= 0.3 is 6.18 Å². The number of aromatic nitrogens is 3. The Kier molecular flexibility index (Phi) is 4.52. The van der Waals surface area contributed by atoms with Gasteiger partial charge in [0.05, 0.1) is 0 Å². The Bertz CT molecular complexity index is 1050. The molecule has 27 heavy (non-hydrogen) atoms. The van der Waals surface area contributed by atoms with Crippen molar-refractivity contribution in [3.8, 4) is 11.4 Å². The van der Waals surface area contributed by atoms with E-state index in [9.17, 15) is 27.2 Å². The molecule has 0 aliphatic carbocycles. The summed E-state index contributed by atoms with van der Waals surface area (Å²) in [4.78, 5) is 27.4. The van der Waals surface area contributed by atoms with Crippen LogP contribution in [0.3, 0.4) is 0 Å². The molecule has 0 saturated heterocycles. The molecule has 140 valence electrons. The van der Waals surface area contributed by atoms with E-state index >= 15 is 0 Å². The molecule has 3 aromatic rings. The first-order valence-corrected chi connectivity index (χ1v) is 7.36. The van der Waals surface area contributed by atoms with E-state index in [1.54, 1.807) is 0 Å². The monoisotopic (exact) mass is 382 g/mol. The highest BCUT2D eigenvalue weighted by molar-refractivity contribution is 5.92. The highest BCUT2D eigenvalue weighted by Crippen LogP contribution is 2.29. The van der Waals surface area contributed by atoms with Gasteiger partial charge in [0.15, 0.2) is 0 Å². The molecular weight excluding hydrogens is 372 g/mol. The van der Waals surface area contributed by atoms with Crippen molar-refractivity contribution in [2.75, 3.05) is 0 Å². The van der Waals surface area contributed by atoms with E-state index in [0.29, 0.717) is 17.7 Å². The summed E-state index contributed by atoms with van der Waals surface area (Å²) in [5, 5.41) is 3.59. The average molecular weight is 382 g/mol. The summed E-state index contributed by atoms with van der Waals surface area (Å²) in [6.45, 7) is -0.733. The van der Waals surface area contributed by atoms with E-state index in [4.69, 9.17) is 10.3 Å². The Labute approximate surface area is 148 Å². The lowest BCUT2D eigenvalue weighted by Gasteiger charge is -2.14. The van der Waals surface area contributed by atoms with Gasteiger partial charge in [-0.3, -0.25) is 14.2 Å². The van der Waals surface area contributed by atoms with Crippen LogP contribution in [0.5, 0.6) is 0 Å². The Morgan fingerprint density at radius 1 is 1.15 bits per heavy atom. The van der Waals surface area contributed by atoms with Crippen LogP contribution in [0.4, 0.5) is 17.6 Å². The predicted molar refractivity (Wildman–Crippen MR) is 83.0 cm³/mol. The Balaban J connectivity index is 2.02. The van der Waals surface area contributed by atoms with Crippen LogP contribution in [0.25, 0.3) is 11.4 Å². The Morgan fingerprint density at radius 2 is 1.81 bits per heavy atom. The molecule has 0 aliphatic rings. The molecule has 2 heterocycles. The van der Waals surface area contributed by atoms with Crippen LogP contribution in [-0.4, -0.2) is 20.6 Å². The number of halogens is 4. The molecule has 0 atom stereocenters. The number of primary amides is 1. The fourth-order valence-corrected chi connectivity index (χ4v) is 2.34. The normalized spacial score (nSPS) is 11.6. The van der Waals surface area contributed by atoms with Crippen LogP contribution >= 0.6 is 0 Å². The number of carbonyl (C=O) groups excluding carboxylic acids is 1.